The number of halogens is 2. The van der Waals surface area contributed by atoms with Crippen LogP contribution in [0.2, 0.25) is 0 Å². The average molecular weight is 554 g/mol. The van der Waals surface area contributed by atoms with Gasteiger partial charge in [-0.3, -0.25) is 19.5 Å². The topological polar surface area (TPSA) is 116 Å². The average Bonchev–Trinajstić information content (AvgIpc) is 3.33. The lowest BCUT2D eigenvalue weighted by molar-refractivity contribution is -0.120. The molecule has 3 heterocycles. The molecular weight excluding hydrogens is 520 g/mol. The highest BCUT2D eigenvalue weighted by Gasteiger charge is 2.48. The Balaban J connectivity index is 1.76. The number of carbonyl (C=O) groups is 2. The van der Waals surface area contributed by atoms with Crippen LogP contribution < -0.4 is 0 Å². The summed E-state index contributed by atoms with van der Waals surface area (Å²) in [7, 11) is -3.53. The van der Waals surface area contributed by atoms with E-state index in [1.807, 2.05) is 0 Å². The van der Waals surface area contributed by atoms with Gasteiger partial charge >= 0.3 is 6.09 Å². The highest BCUT2D eigenvalue weighted by molar-refractivity contribution is 7.89. The van der Waals surface area contributed by atoms with Crippen LogP contribution in [-0.2, 0) is 27.9 Å². The van der Waals surface area contributed by atoms with E-state index in [1.54, 1.807) is 25.7 Å². The summed E-state index contributed by atoms with van der Waals surface area (Å²) >= 11 is 0. The first kappa shape index (κ1) is 28.1. The zero-order chi connectivity index (χ0) is 28.2. The van der Waals surface area contributed by atoms with E-state index in [0.29, 0.717) is 25.3 Å². The number of aromatic nitrogens is 2. The lowest BCUT2D eigenvalue weighted by atomic mass is 9.84. The summed E-state index contributed by atoms with van der Waals surface area (Å²) in [5.41, 5.74) is 0.467. The predicted octanol–water partition coefficient (Wildman–Crippen LogP) is 2.84. The highest BCUT2D eigenvalue weighted by Crippen LogP contribution is 2.41. The lowest BCUT2D eigenvalue weighted by Crippen LogP contribution is -2.63. The fourth-order valence-corrected chi connectivity index (χ4v) is 6.29. The van der Waals surface area contributed by atoms with Crippen molar-refractivity contribution in [2.24, 2.45) is 0 Å². The van der Waals surface area contributed by atoms with E-state index in [1.165, 1.54) is 18.0 Å². The van der Waals surface area contributed by atoms with Gasteiger partial charge in [0.25, 0.3) is 10.0 Å². The Morgan fingerprint density at radius 3 is 2.45 bits per heavy atom. The Morgan fingerprint density at radius 1 is 1.21 bits per heavy atom. The summed E-state index contributed by atoms with van der Waals surface area (Å²) in [5.74, 6) is -1.53. The van der Waals surface area contributed by atoms with Gasteiger partial charge in [0.05, 0.1) is 30.6 Å². The van der Waals surface area contributed by atoms with Crippen molar-refractivity contribution in [3.05, 3.63) is 52.9 Å². The van der Waals surface area contributed by atoms with E-state index in [4.69, 9.17) is 0 Å². The lowest BCUT2D eigenvalue weighted by Gasteiger charge is -2.52. The van der Waals surface area contributed by atoms with Gasteiger partial charge in [-0.1, -0.05) is 0 Å². The molecule has 208 valence electrons. The van der Waals surface area contributed by atoms with Crippen LogP contribution in [0.5, 0.6) is 0 Å². The van der Waals surface area contributed by atoms with Crippen LogP contribution in [0.3, 0.4) is 0 Å². The molecule has 2 aromatic rings. The molecule has 10 nitrogen and oxygen atoms in total. The molecule has 3 atom stereocenters. The number of ketones is 1. The minimum Gasteiger partial charge on any atom is -0.465 e. The zero-order valence-corrected chi connectivity index (χ0v) is 22.9. The molecule has 4 rings (SSSR count). The first-order valence-corrected chi connectivity index (χ1v) is 14.1. The van der Waals surface area contributed by atoms with Gasteiger partial charge in [-0.05, 0) is 52.3 Å². The van der Waals surface area contributed by atoms with Crippen LogP contribution in [0.15, 0.2) is 24.4 Å². The van der Waals surface area contributed by atoms with Crippen LogP contribution in [0, 0.1) is 11.6 Å². The van der Waals surface area contributed by atoms with E-state index in [2.05, 4.69) is 10.00 Å². The van der Waals surface area contributed by atoms with Gasteiger partial charge in [-0.15, -0.1) is 0 Å². The molecule has 2 aliphatic rings. The smallest absolute Gasteiger partial charge is 0.408 e. The minimum absolute atomic E-state index is 0.000584. The summed E-state index contributed by atoms with van der Waals surface area (Å²) in [6.07, 6.45) is 1.62. The number of benzene rings is 1. The van der Waals surface area contributed by atoms with Crippen molar-refractivity contribution in [1.82, 2.24) is 23.9 Å². The van der Waals surface area contributed by atoms with E-state index in [9.17, 15) is 27.5 Å². The molecule has 0 spiro atoms. The van der Waals surface area contributed by atoms with E-state index in [-0.39, 0.29) is 30.4 Å². The van der Waals surface area contributed by atoms with Gasteiger partial charge in [-0.2, -0.15) is 9.19 Å². The third-order valence-electron chi connectivity index (χ3n) is 7.12. The molecule has 0 unspecified atom stereocenters. The van der Waals surface area contributed by atoms with Gasteiger partial charge < -0.3 is 5.11 Å². The van der Waals surface area contributed by atoms with Crippen LogP contribution >= 0.6 is 0 Å². The Kier molecular flexibility index (Phi) is 7.40. The second-order valence-corrected chi connectivity index (χ2v) is 13.0. The molecule has 0 radical (unpaired) electrons. The first-order chi connectivity index (χ1) is 17.6. The highest BCUT2D eigenvalue weighted by atomic mass is 32.2. The molecule has 0 bridgehead atoms. The molecule has 13 heteroatoms. The summed E-state index contributed by atoms with van der Waals surface area (Å²) in [6.45, 7) is 7.55. The Labute approximate surface area is 220 Å². The summed E-state index contributed by atoms with van der Waals surface area (Å²) in [5, 5.41) is 14.5. The molecule has 1 fully saturated rings. The Morgan fingerprint density at radius 2 is 1.89 bits per heavy atom. The number of rotatable bonds is 6. The number of likely N-dealkylation sites (tertiary alicyclic amines) is 1. The summed E-state index contributed by atoms with van der Waals surface area (Å²) in [4.78, 5) is 30.0. The Hall–Kier alpha value is -2.90. The third-order valence-corrected chi connectivity index (χ3v) is 7.98. The molecule has 1 aromatic heterocycles. The van der Waals surface area contributed by atoms with Crippen molar-refractivity contribution in [3.8, 4) is 0 Å². The largest absolute Gasteiger partial charge is 0.465 e. The van der Waals surface area contributed by atoms with Crippen LogP contribution in [0.25, 0.3) is 0 Å². The zero-order valence-electron chi connectivity index (χ0n) is 22.1. The number of Topliss-reactive ketones (excluding diaryl/α,β-unsaturated/α-hetero) is 1. The van der Waals surface area contributed by atoms with E-state index >= 15 is 4.39 Å². The molecule has 2 aliphatic heterocycles. The number of hydrogen-bond donors (Lipinski definition) is 1. The maximum absolute atomic E-state index is 15.2. The van der Waals surface area contributed by atoms with Gasteiger partial charge in [0.1, 0.15) is 17.4 Å². The monoisotopic (exact) mass is 553 g/mol. The summed E-state index contributed by atoms with van der Waals surface area (Å²) < 4.78 is 54.2. The molecule has 1 saturated heterocycles. The predicted molar refractivity (Wildman–Crippen MR) is 135 cm³/mol. The maximum Gasteiger partial charge on any atom is 0.408 e. The minimum atomic E-state index is -3.53. The second kappa shape index (κ2) is 10.0. The number of fused-ring (bicyclic) bond motifs is 1. The maximum atomic E-state index is 15.2. The molecule has 1 N–H and O–H groups in total. The van der Waals surface area contributed by atoms with Crippen molar-refractivity contribution in [2.75, 3.05) is 19.3 Å². The van der Waals surface area contributed by atoms with Crippen LogP contribution in [0.1, 0.15) is 57.0 Å². The van der Waals surface area contributed by atoms with Crippen molar-refractivity contribution < 1.29 is 31.9 Å². The molecule has 0 saturated carbocycles. The molecule has 0 aliphatic carbocycles. The van der Waals surface area contributed by atoms with E-state index < -0.39 is 45.4 Å². The van der Waals surface area contributed by atoms with Crippen molar-refractivity contribution in [1.29, 1.82) is 0 Å². The SMILES string of the molecule is CC(=O)CN1C[C@H](N2Cc3cn(S(C)(=O)=O)nc3C2)C[C@H](N(C(=O)O)C(C)(C)C)[C@H]1c1cc(F)ccc1F. The molecule has 1 amide bonds. The number of hydrogen-bond acceptors (Lipinski definition) is 7. The molecule has 1 aromatic carbocycles. The number of piperidine rings is 1. The fraction of sp³-hybridized carbons (Fsp3) is 0.560. The van der Waals surface area contributed by atoms with Crippen molar-refractivity contribution >= 4 is 21.9 Å². The van der Waals surface area contributed by atoms with Crippen LogP contribution in [-0.4, -0.2) is 86.3 Å². The number of nitrogens with zero attached hydrogens (tertiary/aromatic N) is 5. The second-order valence-electron chi connectivity index (χ2n) is 11.2. The quantitative estimate of drug-likeness (QED) is 0.581. The number of carboxylic acid groups (broad SMARTS) is 1. The normalized spacial score (nSPS) is 22.9. The van der Waals surface area contributed by atoms with Crippen molar-refractivity contribution in [3.63, 3.8) is 0 Å². The van der Waals surface area contributed by atoms with Gasteiger partial charge in [0.15, 0.2) is 0 Å². The third kappa shape index (κ3) is 5.59. The molecular formula is C25H33F2N5O5S. The summed E-state index contributed by atoms with van der Waals surface area (Å²) in [6, 6.07) is 1.11. The van der Waals surface area contributed by atoms with Crippen molar-refractivity contribution in [2.45, 2.75) is 70.9 Å². The first-order valence-electron chi connectivity index (χ1n) is 12.3. The van der Waals surface area contributed by atoms with Crippen LogP contribution in [0.4, 0.5) is 13.6 Å². The van der Waals surface area contributed by atoms with Gasteiger partial charge in [0, 0.05) is 48.5 Å². The van der Waals surface area contributed by atoms with Gasteiger partial charge in [-0.25, -0.2) is 22.0 Å². The Bertz CT molecular complexity index is 1330. The molecule has 38 heavy (non-hydrogen) atoms. The fourth-order valence-electron chi connectivity index (χ4n) is 5.72. The van der Waals surface area contributed by atoms with Gasteiger partial charge in [0.2, 0.25) is 0 Å². The number of carbonyl (C=O) groups excluding carboxylic acids is 1. The number of amides is 1. The standard InChI is InChI=1S/C25H33F2N5O5S/c1-15(33)10-30-13-18(29-11-16-12-31(38(5,36)37)28-21(16)14-29)9-22(32(24(34)35)25(2,3)4)23(30)19-8-17(26)6-7-20(19)27/h6-8,12,18,22-23H,9-11,13-14H2,1-5H3,(H,34,35)/t18-,22+,23-/m1/s1. The van der Waals surface area contributed by atoms with E-state index in [0.717, 1.165) is 34.1 Å².